The standard InChI is InChI=1S/C20H25N3O2/c1-21(15-17-5-3-2-4-6-17)16-20(25)23-13-11-22(12-14-23)18-7-9-19(24)10-8-18/h2-10,24H,11-16H2,1H3/p+1. The summed E-state index contributed by atoms with van der Waals surface area (Å²) >= 11 is 0. The fraction of sp³-hybridized carbons (Fsp3) is 0.350. The lowest BCUT2D eigenvalue weighted by molar-refractivity contribution is -0.885. The Morgan fingerprint density at radius 3 is 2.28 bits per heavy atom. The molecule has 2 N–H and O–H groups in total. The van der Waals surface area contributed by atoms with Crippen molar-refractivity contribution >= 4 is 11.6 Å². The zero-order chi connectivity index (χ0) is 17.6. The maximum absolute atomic E-state index is 12.5. The first-order valence-electron chi connectivity index (χ1n) is 8.79. The van der Waals surface area contributed by atoms with Crippen LogP contribution >= 0.6 is 0 Å². The van der Waals surface area contributed by atoms with Crippen LogP contribution in [0.4, 0.5) is 5.69 Å². The third-order valence-corrected chi connectivity index (χ3v) is 4.65. The highest BCUT2D eigenvalue weighted by Crippen LogP contribution is 2.19. The van der Waals surface area contributed by atoms with Crippen LogP contribution in [0.3, 0.4) is 0 Å². The van der Waals surface area contributed by atoms with E-state index in [1.54, 1.807) is 12.1 Å². The first-order valence-corrected chi connectivity index (χ1v) is 8.79. The van der Waals surface area contributed by atoms with Gasteiger partial charge in [-0.1, -0.05) is 30.3 Å². The van der Waals surface area contributed by atoms with Crippen molar-refractivity contribution in [3.8, 4) is 5.75 Å². The van der Waals surface area contributed by atoms with Crippen molar-refractivity contribution in [1.82, 2.24) is 4.90 Å². The van der Waals surface area contributed by atoms with E-state index < -0.39 is 0 Å². The van der Waals surface area contributed by atoms with Crippen molar-refractivity contribution in [2.75, 3.05) is 44.7 Å². The molecule has 5 nitrogen and oxygen atoms in total. The van der Waals surface area contributed by atoms with Gasteiger partial charge in [0.2, 0.25) is 0 Å². The molecule has 0 radical (unpaired) electrons. The fourth-order valence-electron chi connectivity index (χ4n) is 3.25. The average Bonchev–Trinajstić information content (AvgIpc) is 2.63. The van der Waals surface area contributed by atoms with E-state index >= 15 is 0 Å². The molecule has 25 heavy (non-hydrogen) atoms. The largest absolute Gasteiger partial charge is 0.508 e. The number of carbonyl (C=O) groups excluding carboxylic acids is 1. The maximum Gasteiger partial charge on any atom is 0.277 e. The molecule has 5 heteroatoms. The van der Waals surface area contributed by atoms with E-state index in [0.717, 1.165) is 38.4 Å². The third-order valence-electron chi connectivity index (χ3n) is 4.65. The van der Waals surface area contributed by atoms with E-state index in [-0.39, 0.29) is 11.7 Å². The predicted molar refractivity (Wildman–Crippen MR) is 98.8 cm³/mol. The summed E-state index contributed by atoms with van der Waals surface area (Å²) in [4.78, 5) is 18.0. The molecule has 1 amide bonds. The van der Waals surface area contributed by atoms with Gasteiger partial charge >= 0.3 is 0 Å². The molecule has 1 aliphatic heterocycles. The highest BCUT2D eigenvalue weighted by atomic mass is 16.3. The van der Waals surface area contributed by atoms with E-state index in [1.807, 2.05) is 35.2 Å². The van der Waals surface area contributed by atoms with Crippen LogP contribution in [0.2, 0.25) is 0 Å². The second kappa shape index (κ2) is 8.03. The zero-order valence-electron chi connectivity index (χ0n) is 14.7. The first-order chi connectivity index (χ1) is 12.1. The minimum absolute atomic E-state index is 0.221. The van der Waals surface area contributed by atoms with Gasteiger partial charge in [0.1, 0.15) is 12.3 Å². The summed E-state index contributed by atoms with van der Waals surface area (Å²) in [6, 6.07) is 17.5. The molecule has 1 fully saturated rings. The Bertz CT molecular complexity index is 680. The normalized spacial score (nSPS) is 15.9. The lowest BCUT2D eigenvalue weighted by Crippen LogP contribution is -3.09. The van der Waals surface area contributed by atoms with E-state index in [2.05, 4.69) is 24.1 Å². The summed E-state index contributed by atoms with van der Waals surface area (Å²) in [6.45, 7) is 4.54. The number of aromatic hydroxyl groups is 1. The monoisotopic (exact) mass is 340 g/mol. The highest BCUT2D eigenvalue weighted by Gasteiger charge is 2.23. The first kappa shape index (κ1) is 17.3. The number of nitrogens with zero attached hydrogens (tertiary/aromatic N) is 2. The van der Waals surface area contributed by atoms with E-state index in [4.69, 9.17) is 0 Å². The molecule has 0 bridgehead atoms. The molecule has 0 aromatic heterocycles. The Balaban J connectivity index is 1.47. The maximum atomic E-state index is 12.5. The van der Waals surface area contributed by atoms with Crippen LogP contribution in [0.5, 0.6) is 5.75 Å². The van der Waals surface area contributed by atoms with Crippen molar-refractivity contribution in [3.63, 3.8) is 0 Å². The van der Waals surface area contributed by atoms with Crippen LogP contribution in [0.25, 0.3) is 0 Å². The third kappa shape index (κ3) is 4.73. The number of likely N-dealkylation sites (N-methyl/N-ethyl adjacent to an activating group) is 1. The topological polar surface area (TPSA) is 48.2 Å². The van der Waals surface area contributed by atoms with Gasteiger partial charge in [0, 0.05) is 37.4 Å². The van der Waals surface area contributed by atoms with Crippen molar-refractivity contribution in [2.45, 2.75) is 6.54 Å². The van der Waals surface area contributed by atoms with Gasteiger partial charge in [0.05, 0.1) is 7.05 Å². The van der Waals surface area contributed by atoms with Gasteiger partial charge in [-0.15, -0.1) is 0 Å². The minimum Gasteiger partial charge on any atom is -0.508 e. The molecule has 2 aromatic rings. The molecule has 132 valence electrons. The number of phenols is 1. The number of carbonyl (C=O) groups is 1. The fourth-order valence-corrected chi connectivity index (χ4v) is 3.25. The van der Waals surface area contributed by atoms with Crippen LogP contribution in [-0.4, -0.2) is 55.7 Å². The Morgan fingerprint density at radius 2 is 1.64 bits per heavy atom. The van der Waals surface area contributed by atoms with Gasteiger partial charge in [-0.2, -0.15) is 0 Å². The molecule has 3 rings (SSSR count). The van der Waals surface area contributed by atoms with Gasteiger partial charge in [-0.25, -0.2) is 0 Å². The van der Waals surface area contributed by atoms with Crippen LogP contribution in [-0.2, 0) is 11.3 Å². The number of nitrogens with one attached hydrogen (secondary N) is 1. The molecular weight excluding hydrogens is 314 g/mol. The zero-order valence-corrected chi connectivity index (χ0v) is 14.7. The second-order valence-electron chi connectivity index (χ2n) is 6.68. The number of quaternary nitrogens is 1. The SMILES string of the molecule is C[NH+](CC(=O)N1CCN(c2ccc(O)cc2)CC1)Cc1ccccc1. The second-order valence-corrected chi connectivity index (χ2v) is 6.68. The number of rotatable bonds is 5. The Kier molecular flexibility index (Phi) is 5.56. The number of piperazine rings is 1. The Morgan fingerprint density at radius 1 is 1.00 bits per heavy atom. The molecule has 2 aromatic carbocycles. The molecule has 1 saturated heterocycles. The van der Waals surface area contributed by atoms with Gasteiger partial charge < -0.3 is 19.8 Å². The number of benzene rings is 2. The molecule has 1 aliphatic rings. The van der Waals surface area contributed by atoms with Crippen LogP contribution in [0.1, 0.15) is 5.56 Å². The molecular formula is C20H26N3O2+. The lowest BCUT2D eigenvalue weighted by Gasteiger charge is -2.36. The van der Waals surface area contributed by atoms with Gasteiger partial charge in [0.15, 0.2) is 6.54 Å². The number of amides is 1. The van der Waals surface area contributed by atoms with E-state index in [1.165, 1.54) is 10.5 Å². The number of phenolic OH excluding ortho intramolecular Hbond substituents is 1. The lowest BCUT2D eigenvalue weighted by atomic mass is 10.2. The van der Waals surface area contributed by atoms with E-state index in [0.29, 0.717) is 6.54 Å². The molecule has 1 heterocycles. The van der Waals surface area contributed by atoms with Crippen molar-refractivity contribution in [2.24, 2.45) is 0 Å². The summed E-state index contributed by atoms with van der Waals surface area (Å²) in [7, 11) is 2.07. The molecule has 0 aliphatic carbocycles. The summed E-state index contributed by atoms with van der Waals surface area (Å²) in [5.74, 6) is 0.501. The molecule has 0 saturated carbocycles. The quantitative estimate of drug-likeness (QED) is 0.845. The Hall–Kier alpha value is -2.53. The summed E-state index contributed by atoms with van der Waals surface area (Å²) in [6.07, 6.45) is 0. The number of hydrogen-bond donors (Lipinski definition) is 2. The van der Waals surface area contributed by atoms with E-state index in [9.17, 15) is 9.90 Å². The van der Waals surface area contributed by atoms with Crippen LogP contribution in [0, 0.1) is 0 Å². The smallest absolute Gasteiger partial charge is 0.277 e. The van der Waals surface area contributed by atoms with Crippen LogP contribution < -0.4 is 9.80 Å². The van der Waals surface area contributed by atoms with Crippen molar-refractivity contribution in [1.29, 1.82) is 0 Å². The summed E-state index contributed by atoms with van der Waals surface area (Å²) in [5, 5.41) is 9.39. The van der Waals surface area contributed by atoms with Gasteiger partial charge in [-0.3, -0.25) is 4.79 Å². The van der Waals surface area contributed by atoms with Crippen molar-refractivity contribution < 1.29 is 14.8 Å². The van der Waals surface area contributed by atoms with Gasteiger partial charge in [0.25, 0.3) is 5.91 Å². The molecule has 1 unspecified atom stereocenters. The highest BCUT2D eigenvalue weighted by molar-refractivity contribution is 5.77. The average molecular weight is 340 g/mol. The number of hydrogen-bond acceptors (Lipinski definition) is 3. The molecule has 1 atom stereocenters. The minimum atomic E-state index is 0.221. The molecule has 0 spiro atoms. The number of anilines is 1. The van der Waals surface area contributed by atoms with Crippen LogP contribution in [0.15, 0.2) is 54.6 Å². The van der Waals surface area contributed by atoms with Gasteiger partial charge in [-0.05, 0) is 24.3 Å². The van der Waals surface area contributed by atoms with Crippen molar-refractivity contribution in [3.05, 3.63) is 60.2 Å². The summed E-state index contributed by atoms with van der Waals surface area (Å²) in [5.41, 5.74) is 2.35. The summed E-state index contributed by atoms with van der Waals surface area (Å²) < 4.78 is 0. The predicted octanol–water partition coefficient (Wildman–Crippen LogP) is 0.756. The Labute approximate surface area is 149 Å².